The first-order valence-corrected chi connectivity index (χ1v) is 9.79. The predicted octanol–water partition coefficient (Wildman–Crippen LogP) is 4.01. The van der Waals surface area contributed by atoms with Gasteiger partial charge in [-0.1, -0.05) is 48.0 Å². The summed E-state index contributed by atoms with van der Waals surface area (Å²) in [5.74, 6) is -0.150. The summed E-state index contributed by atoms with van der Waals surface area (Å²) < 4.78 is 5.12. The molecule has 1 atom stereocenters. The maximum atomic E-state index is 13.3. The molecule has 1 aliphatic rings. The Morgan fingerprint density at radius 2 is 1.67 bits per heavy atom. The van der Waals surface area contributed by atoms with E-state index in [2.05, 4.69) is 0 Å². The number of ether oxygens (including phenoxy) is 1. The Morgan fingerprint density at radius 1 is 1.00 bits per heavy atom. The molecule has 152 valence electrons. The number of para-hydroxylation sites is 1. The minimum atomic E-state index is -1.89. The van der Waals surface area contributed by atoms with E-state index in [-0.39, 0.29) is 12.2 Å². The highest BCUT2D eigenvalue weighted by Crippen LogP contribution is 2.43. The number of carbonyl (C=O) groups excluding carboxylic acids is 2. The van der Waals surface area contributed by atoms with E-state index in [1.54, 1.807) is 54.5 Å². The second-order valence-corrected chi connectivity index (χ2v) is 7.58. The van der Waals surface area contributed by atoms with Crippen LogP contribution in [0.5, 0.6) is 5.75 Å². The molecule has 0 spiro atoms. The molecule has 1 heterocycles. The fourth-order valence-electron chi connectivity index (χ4n) is 3.82. The van der Waals surface area contributed by atoms with Gasteiger partial charge in [0.15, 0.2) is 11.4 Å². The summed E-state index contributed by atoms with van der Waals surface area (Å²) in [5, 5.41) is 11.4. The van der Waals surface area contributed by atoms with Crippen molar-refractivity contribution in [1.82, 2.24) is 0 Å². The zero-order valence-corrected chi connectivity index (χ0v) is 17.0. The molecule has 0 aromatic heterocycles. The van der Waals surface area contributed by atoms with Gasteiger partial charge in [-0.05, 0) is 42.8 Å². The standard InChI is InChI=1S/C25H23NO4/c1-17-7-9-18(10-8-17)16-26-22-6-4-3-5-21(22)25(29,24(26)28)15-23(27)19-11-13-20(30-2)14-12-19/h3-14,29H,15-16H2,1-2H3/t25-/m0/s1. The monoisotopic (exact) mass is 401 g/mol. The highest BCUT2D eigenvalue weighted by molar-refractivity contribution is 6.10. The summed E-state index contributed by atoms with van der Waals surface area (Å²) in [7, 11) is 1.55. The smallest absolute Gasteiger partial charge is 0.264 e. The molecule has 4 rings (SSSR count). The minimum Gasteiger partial charge on any atom is -0.497 e. The fourth-order valence-corrected chi connectivity index (χ4v) is 3.82. The van der Waals surface area contributed by atoms with Gasteiger partial charge in [0.05, 0.1) is 25.8 Å². The van der Waals surface area contributed by atoms with Crippen LogP contribution >= 0.6 is 0 Å². The number of aliphatic hydroxyl groups is 1. The number of aryl methyl sites for hydroxylation is 1. The van der Waals surface area contributed by atoms with E-state index in [1.165, 1.54) is 0 Å². The van der Waals surface area contributed by atoms with Gasteiger partial charge in [0.25, 0.3) is 5.91 Å². The topological polar surface area (TPSA) is 66.8 Å². The maximum absolute atomic E-state index is 13.3. The lowest BCUT2D eigenvalue weighted by Crippen LogP contribution is -2.41. The SMILES string of the molecule is COc1ccc(C(=O)C[C@@]2(O)C(=O)N(Cc3ccc(C)cc3)c3ccccc32)cc1. The van der Waals surface area contributed by atoms with Crippen LogP contribution in [-0.4, -0.2) is 23.9 Å². The van der Waals surface area contributed by atoms with Crippen molar-refractivity contribution in [2.24, 2.45) is 0 Å². The lowest BCUT2D eigenvalue weighted by atomic mass is 9.88. The third-order valence-electron chi connectivity index (χ3n) is 5.53. The van der Waals surface area contributed by atoms with Crippen molar-refractivity contribution < 1.29 is 19.4 Å². The number of ketones is 1. The normalized spacial score (nSPS) is 17.7. The van der Waals surface area contributed by atoms with Gasteiger partial charge in [0, 0.05) is 11.1 Å². The Morgan fingerprint density at radius 3 is 2.33 bits per heavy atom. The second kappa shape index (κ2) is 7.76. The summed E-state index contributed by atoms with van der Waals surface area (Å²) in [5.41, 5.74) is 1.71. The molecule has 30 heavy (non-hydrogen) atoms. The van der Waals surface area contributed by atoms with E-state index in [0.717, 1.165) is 11.1 Å². The molecule has 0 fully saturated rings. The van der Waals surface area contributed by atoms with Crippen LogP contribution in [0.1, 0.15) is 33.5 Å². The van der Waals surface area contributed by atoms with Crippen molar-refractivity contribution in [2.45, 2.75) is 25.5 Å². The number of hydrogen-bond acceptors (Lipinski definition) is 4. The number of rotatable bonds is 6. The van der Waals surface area contributed by atoms with Gasteiger partial charge in [-0.2, -0.15) is 0 Å². The third kappa shape index (κ3) is 3.48. The number of hydrogen-bond donors (Lipinski definition) is 1. The number of carbonyl (C=O) groups is 2. The molecule has 0 saturated heterocycles. The second-order valence-electron chi connectivity index (χ2n) is 7.58. The van der Waals surface area contributed by atoms with Gasteiger partial charge >= 0.3 is 0 Å². The van der Waals surface area contributed by atoms with E-state index in [0.29, 0.717) is 29.1 Å². The lowest BCUT2D eigenvalue weighted by molar-refractivity contribution is -0.136. The van der Waals surface area contributed by atoms with E-state index in [4.69, 9.17) is 4.74 Å². The zero-order valence-electron chi connectivity index (χ0n) is 17.0. The molecule has 0 unspecified atom stereocenters. The average Bonchev–Trinajstić information content (AvgIpc) is 2.97. The molecule has 0 bridgehead atoms. The molecule has 5 heteroatoms. The first-order valence-electron chi connectivity index (χ1n) is 9.79. The van der Waals surface area contributed by atoms with Gasteiger partial charge in [-0.25, -0.2) is 0 Å². The largest absolute Gasteiger partial charge is 0.497 e. The quantitative estimate of drug-likeness (QED) is 0.634. The molecular weight excluding hydrogens is 378 g/mol. The van der Waals surface area contributed by atoms with Gasteiger partial charge in [-0.15, -0.1) is 0 Å². The molecule has 1 amide bonds. The number of methoxy groups -OCH3 is 1. The predicted molar refractivity (Wildman–Crippen MR) is 115 cm³/mol. The first-order chi connectivity index (χ1) is 14.4. The van der Waals surface area contributed by atoms with E-state index in [9.17, 15) is 14.7 Å². The zero-order chi connectivity index (χ0) is 21.3. The van der Waals surface area contributed by atoms with E-state index >= 15 is 0 Å². The van der Waals surface area contributed by atoms with Crippen molar-refractivity contribution in [3.05, 3.63) is 95.1 Å². The first kappa shape index (κ1) is 19.9. The lowest BCUT2D eigenvalue weighted by Gasteiger charge is -2.23. The Hall–Kier alpha value is -3.44. The summed E-state index contributed by atoms with van der Waals surface area (Å²) in [6.45, 7) is 2.33. The van der Waals surface area contributed by atoms with Crippen molar-refractivity contribution in [3.8, 4) is 5.75 Å². The van der Waals surface area contributed by atoms with Crippen molar-refractivity contribution in [2.75, 3.05) is 12.0 Å². The van der Waals surface area contributed by atoms with Gasteiger partial charge in [-0.3, -0.25) is 9.59 Å². The number of Topliss-reactive ketones (excluding diaryl/α,β-unsaturated/α-hetero) is 1. The van der Waals surface area contributed by atoms with Crippen LogP contribution in [0.2, 0.25) is 0 Å². The van der Waals surface area contributed by atoms with Crippen LogP contribution in [-0.2, 0) is 16.9 Å². The van der Waals surface area contributed by atoms with Gasteiger partial charge in [0.2, 0.25) is 0 Å². The van der Waals surface area contributed by atoms with Crippen molar-refractivity contribution in [1.29, 1.82) is 0 Å². The Bertz CT molecular complexity index is 1090. The molecule has 3 aromatic carbocycles. The summed E-state index contributed by atoms with van der Waals surface area (Å²) in [6.07, 6.45) is -0.320. The maximum Gasteiger partial charge on any atom is 0.264 e. The summed E-state index contributed by atoms with van der Waals surface area (Å²) in [4.78, 5) is 27.8. The molecule has 0 aliphatic carbocycles. The molecule has 0 saturated carbocycles. The summed E-state index contributed by atoms with van der Waals surface area (Å²) >= 11 is 0. The van der Waals surface area contributed by atoms with Crippen LogP contribution in [0.4, 0.5) is 5.69 Å². The fraction of sp³-hybridized carbons (Fsp3) is 0.200. The Kier molecular flexibility index (Phi) is 5.14. The van der Waals surface area contributed by atoms with Crippen LogP contribution in [0, 0.1) is 6.92 Å². The van der Waals surface area contributed by atoms with E-state index in [1.807, 2.05) is 37.3 Å². The van der Waals surface area contributed by atoms with Gasteiger partial charge < -0.3 is 14.7 Å². The summed E-state index contributed by atoms with van der Waals surface area (Å²) in [6, 6.07) is 21.7. The minimum absolute atomic E-state index is 0.305. The number of fused-ring (bicyclic) bond motifs is 1. The molecule has 1 N–H and O–H groups in total. The van der Waals surface area contributed by atoms with E-state index < -0.39 is 11.5 Å². The van der Waals surface area contributed by atoms with Gasteiger partial charge in [0.1, 0.15) is 5.75 Å². The van der Waals surface area contributed by atoms with Crippen LogP contribution in [0.3, 0.4) is 0 Å². The Labute approximate surface area is 175 Å². The molecule has 3 aromatic rings. The third-order valence-corrected chi connectivity index (χ3v) is 5.53. The highest BCUT2D eigenvalue weighted by atomic mass is 16.5. The number of anilines is 1. The molecular formula is C25H23NO4. The molecule has 0 radical (unpaired) electrons. The average molecular weight is 401 g/mol. The number of amides is 1. The van der Waals surface area contributed by atoms with Crippen molar-refractivity contribution >= 4 is 17.4 Å². The highest BCUT2D eigenvalue weighted by Gasteiger charge is 2.50. The number of benzene rings is 3. The van der Waals surface area contributed by atoms with Crippen LogP contribution in [0.25, 0.3) is 0 Å². The Balaban J connectivity index is 1.64. The molecule has 5 nitrogen and oxygen atoms in total. The van der Waals surface area contributed by atoms with Crippen molar-refractivity contribution in [3.63, 3.8) is 0 Å². The molecule has 1 aliphatic heterocycles. The van der Waals surface area contributed by atoms with Crippen LogP contribution < -0.4 is 9.64 Å². The number of nitrogens with zero attached hydrogens (tertiary/aromatic N) is 1. The van der Waals surface area contributed by atoms with Crippen LogP contribution in [0.15, 0.2) is 72.8 Å².